The van der Waals surface area contributed by atoms with Crippen molar-refractivity contribution < 1.29 is 0 Å². The Morgan fingerprint density at radius 1 is 1.42 bits per heavy atom. The Balaban J connectivity index is 1.87. The standard InChI is InChI=1S/C9H17N3/c1-8-6-11-12(7-8)9-2-4-10-5-3-9/h6,8-10H,2-5,7H2,1H3. The molecule has 2 aliphatic heterocycles. The van der Waals surface area contributed by atoms with Crippen LogP contribution >= 0.6 is 0 Å². The Labute approximate surface area is 73.8 Å². The summed E-state index contributed by atoms with van der Waals surface area (Å²) in [5.74, 6) is 0.653. The minimum absolute atomic E-state index is 0.653. The average molecular weight is 167 g/mol. The van der Waals surface area contributed by atoms with Crippen LogP contribution in [0.5, 0.6) is 0 Å². The smallest absolute Gasteiger partial charge is 0.0495 e. The summed E-state index contributed by atoms with van der Waals surface area (Å²) >= 11 is 0. The molecule has 1 saturated heterocycles. The molecule has 0 saturated carbocycles. The fourth-order valence-corrected chi connectivity index (χ4v) is 1.94. The predicted octanol–water partition coefficient (Wildman–Crippen LogP) is 0.676. The molecule has 0 radical (unpaired) electrons. The highest BCUT2D eigenvalue weighted by molar-refractivity contribution is 5.61. The molecule has 0 aliphatic carbocycles. The third kappa shape index (κ3) is 1.61. The Kier molecular flexibility index (Phi) is 2.30. The molecule has 0 aromatic rings. The number of rotatable bonds is 1. The number of hydrogen-bond donors (Lipinski definition) is 1. The van der Waals surface area contributed by atoms with Gasteiger partial charge in [0.05, 0.1) is 0 Å². The van der Waals surface area contributed by atoms with E-state index in [0.717, 1.165) is 19.6 Å². The normalized spacial score (nSPS) is 31.4. The molecule has 2 aliphatic rings. The third-order valence-electron chi connectivity index (χ3n) is 2.67. The van der Waals surface area contributed by atoms with Gasteiger partial charge in [0.1, 0.15) is 0 Å². The van der Waals surface area contributed by atoms with Crippen LogP contribution < -0.4 is 5.32 Å². The lowest BCUT2D eigenvalue weighted by Gasteiger charge is -2.30. The van der Waals surface area contributed by atoms with E-state index in [1.807, 2.05) is 0 Å². The number of hydrazone groups is 1. The molecular weight excluding hydrogens is 150 g/mol. The summed E-state index contributed by atoms with van der Waals surface area (Å²) in [6, 6.07) is 0.701. The lowest BCUT2D eigenvalue weighted by molar-refractivity contribution is 0.176. The van der Waals surface area contributed by atoms with Gasteiger partial charge in [0.2, 0.25) is 0 Å². The summed E-state index contributed by atoms with van der Waals surface area (Å²) in [6.07, 6.45) is 4.58. The number of nitrogens with one attached hydrogen (secondary N) is 1. The molecule has 0 amide bonds. The van der Waals surface area contributed by atoms with Gasteiger partial charge in [0.15, 0.2) is 0 Å². The highest BCUT2D eigenvalue weighted by Crippen LogP contribution is 2.17. The molecular formula is C9H17N3. The molecule has 2 heterocycles. The van der Waals surface area contributed by atoms with Crippen LogP contribution in [0, 0.1) is 5.92 Å². The van der Waals surface area contributed by atoms with Crippen molar-refractivity contribution in [3.8, 4) is 0 Å². The van der Waals surface area contributed by atoms with Crippen molar-refractivity contribution in [3.05, 3.63) is 0 Å². The van der Waals surface area contributed by atoms with Crippen LogP contribution in [0.1, 0.15) is 19.8 Å². The fourth-order valence-electron chi connectivity index (χ4n) is 1.94. The van der Waals surface area contributed by atoms with Gasteiger partial charge in [0.25, 0.3) is 0 Å². The Morgan fingerprint density at radius 2 is 2.17 bits per heavy atom. The van der Waals surface area contributed by atoms with Crippen molar-refractivity contribution in [1.29, 1.82) is 0 Å². The molecule has 1 unspecified atom stereocenters. The quantitative estimate of drug-likeness (QED) is 0.622. The number of piperidine rings is 1. The predicted molar refractivity (Wildman–Crippen MR) is 50.3 cm³/mol. The second-order valence-corrected chi connectivity index (χ2v) is 3.85. The first-order chi connectivity index (χ1) is 5.86. The Hall–Kier alpha value is -0.570. The van der Waals surface area contributed by atoms with Crippen molar-refractivity contribution in [1.82, 2.24) is 10.3 Å². The van der Waals surface area contributed by atoms with E-state index in [4.69, 9.17) is 0 Å². The zero-order valence-corrected chi connectivity index (χ0v) is 7.66. The van der Waals surface area contributed by atoms with Gasteiger partial charge in [-0.25, -0.2) is 0 Å². The molecule has 3 nitrogen and oxygen atoms in total. The summed E-state index contributed by atoms with van der Waals surface area (Å²) in [5, 5.41) is 10.1. The van der Waals surface area contributed by atoms with E-state index >= 15 is 0 Å². The van der Waals surface area contributed by atoms with Crippen molar-refractivity contribution in [2.24, 2.45) is 11.0 Å². The minimum Gasteiger partial charge on any atom is -0.317 e. The van der Waals surface area contributed by atoms with E-state index in [9.17, 15) is 0 Å². The Morgan fingerprint density at radius 3 is 2.75 bits per heavy atom. The highest BCUT2D eigenvalue weighted by atomic mass is 15.5. The van der Waals surface area contributed by atoms with E-state index in [1.54, 1.807) is 0 Å². The van der Waals surface area contributed by atoms with Gasteiger partial charge in [-0.15, -0.1) is 0 Å². The molecule has 0 aromatic carbocycles. The monoisotopic (exact) mass is 167 g/mol. The highest BCUT2D eigenvalue weighted by Gasteiger charge is 2.23. The molecule has 1 atom stereocenters. The lowest BCUT2D eigenvalue weighted by atomic mass is 10.1. The molecule has 0 spiro atoms. The van der Waals surface area contributed by atoms with Crippen molar-refractivity contribution in [2.75, 3.05) is 19.6 Å². The molecule has 12 heavy (non-hydrogen) atoms. The van der Waals surface area contributed by atoms with Crippen LogP contribution in [-0.4, -0.2) is 36.9 Å². The van der Waals surface area contributed by atoms with Crippen LogP contribution in [0.4, 0.5) is 0 Å². The molecule has 2 rings (SSSR count). The second-order valence-electron chi connectivity index (χ2n) is 3.85. The molecule has 0 bridgehead atoms. The molecule has 0 aromatic heterocycles. The van der Waals surface area contributed by atoms with Crippen LogP contribution in [0.25, 0.3) is 0 Å². The first kappa shape index (κ1) is 8.05. The zero-order valence-electron chi connectivity index (χ0n) is 7.66. The third-order valence-corrected chi connectivity index (χ3v) is 2.67. The van der Waals surface area contributed by atoms with E-state index in [2.05, 4.69) is 28.6 Å². The lowest BCUT2D eigenvalue weighted by Crippen LogP contribution is -2.40. The maximum absolute atomic E-state index is 4.42. The van der Waals surface area contributed by atoms with Gasteiger partial charge >= 0.3 is 0 Å². The van der Waals surface area contributed by atoms with Crippen molar-refractivity contribution >= 4 is 6.21 Å². The summed E-state index contributed by atoms with van der Waals surface area (Å²) in [4.78, 5) is 0. The summed E-state index contributed by atoms with van der Waals surface area (Å²) in [5.41, 5.74) is 0. The SMILES string of the molecule is CC1C=NN(C2CCNCC2)C1. The Bertz CT molecular complexity index is 173. The maximum atomic E-state index is 4.42. The van der Waals surface area contributed by atoms with Gasteiger partial charge in [0, 0.05) is 24.7 Å². The topological polar surface area (TPSA) is 27.6 Å². The number of nitrogens with zero attached hydrogens (tertiary/aromatic N) is 2. The largest absolute Gasteiger partial charge is 0.317 e. The van der Waals surface area contributed by atoms with Crippen LogP contribution in [0.3, 0.4) is 0 Å². The van der Waals surface area contributed by atoms with Gasteiger partial charge in [-0.2, -0.15) is 5.10 Å². The first-order valence-electron chi connectivity index (χ1n) is 4.88. The fraction of sp³-hybridized carbons (Fsp3) is 0.889. The van der Waals surface area contributed by atoms with Gasteiger partial charge in [-0.05, 0) is 25.9 Å². The molecule has 68 valence electrons. The van der Waals surface area contributed by atoms with Crippen LogP contribution in [-0.2, 0) is 0 Å². The summed E-state index contributed by atoms with van der Waals surface area (Å²) in [6.45, 7) is 5.67. The van der Waals surface area contributed by atoms with Crippen molar-refractivity contribution in [3.63, 3.8) is 0 Å². The first-order valence-corrected chi connectivity index (χ1v) is 4.88. The van der Waals surface area contributed by atoms with Crippen LogP contribution in [0.15, 0.2) is 5.10 Å². The van der Waals surface area contributed by atoms with Crippen molar-refractivity contribution in [2.45, 2.75) is 25.8 Å². The average Bonchev–Trinajstić information content (AvgIpc) is 2.54. The molecule has 3 heteroatoms. The zero-order chi connectivity index (χ0) is 8.39. The van der Waals surface area contributed by atoms with E-state index in [1.165, 1.54) is 12.8 Å². The van der Waals surface area contributed by atoms with Gasteiger partial charge < -0.3 is 5.32 Å². The molecule has 1 N–H and O–H groups in total. The molecule has 1 fully saturated rings. The maximum Gasteiger partial charge on any atom is 0.0495 e. The van der Waals surface area contributed by atoms with Crippen LogP contribution in [0.2, 0.25) is 0 Å². The van der Waals surface area contributed by atoms with Gasteiger partial charge in [-0.1, -0.05) is 6.92 Å². The van der Waals surface area contributed by atoms with E-state index in [-0.39, 0.29) is 0 Å². The second kappa shape index (κ2) is 3.44. The minimum atomic E-state index is 0.653. The van der Waals surface area contributed by atoms with E-state index < -0.39 is 0 Å². The number of hydrogen-bond acceptors (Lipinski definition) is 3. The van der Waals surface area contributed by atoms with Gasteiger partial charge in [-0.3, -0.25) is 5.01 Å². The summed E-state index contributed by atoms with van der Waals surface area (Å²) < 4.78 is 0. The van der Waals surface area contributed by atoms with E-state index in [0.29, 0.717) is 12.0 Å². The summed E-state index contributed by atoms with van der Waals surface area (Å²) in [7, 11) is 0.